The molecule has 1 aliphatic rings. The quantitative estimate of drug-likeness (QED) is 0.782. The Morgan fingerprint density at radius 2 is 2.00 bits per heavy atom. The van der Waals surface area contributed by atoms with Crippen molar-refractivity contribution in [2.75, 3.05) is 33.8 Å². The Bertz CT molecular complexity index is 765. The normalized spacial score (nSPS) is 20.1. The number of hydrogen-bond acceptors (Lipinski definition) is 3. The van der Waals surface area contributed by atoms with Gasteiger partial charge in [-0.2, -0.15) is 0 Å². The van der Waals surface area contributed by atoms with Crippen LogP contribution in [0.5, 0.6) is 0 Å². The van der Waals surface area contributed by atoms with Gasteiger partial charge in [-0.25, -0.2) is 4.39 Å². The molecule has 0 aliphatic carbocycles. The smallest absolute Gasteiger partial charge is 0.227 e. The van der Waals surface area contributed by atoms with Gasteiger partial charge in [-0.3, -0.25) is 4.79 Å². The van der Waals surface area contributed by atoms with E-state index in [1.807, 2.05) is 49.3 Å². The summed E-state index contributed by atoms with van der Waals surface area (Å²) in [6.07, 6.45) is -0.0219. The Kier molecular flexibility index (Phi) is 6.47. The predicted molar refractivity (Wildman–Crippen MR) is 104 cm³/mol. The molecule has 1 heterocycles. The van der Waals surface area contributed by atoms with Crippen LogP contribution in [-0.4, -0.2) is 55.6 Å². The minimum atomic E-state index is -0.433. The van der Waals surface area contributed by atoms with Crippen LogP contribution in [0.4, 0.5) is 4.39 Å². The first-order valence-corrected chi connectivity index (χ1v) is 9.37. The molecule has 0 unspecified atom stereocenters. The van der Waals surface area contributed by atoms with Crippen LogP contribution in [0.2, 0.25) is 5.02 Å². The average molecular weight is 391 g/mol. The van der Waals surface area contributed by atoms with E-state index in [9.17, 15) is 9.18 Å². The van der Waals surface area contributed by atoms with Crippen molar-refractivity contribution in [1.29, 1.82) is 0 Å². The van der Waals surface area contributed by atoms with E-state index in [1.54, 1.807) is 6.07 Å². The van der Waals surface area contributed by atoms with Crippen LogP contribution in [0.3, 0.4) is 0 Å². The number of carbonyl (C=O) groups is 1. The lowest BCUT2D eigenvalue weighted by atomic mass is 9.96. The monoisotopic (exact) mass is 390 g/mol. The number of amides is 1. The van der Waals surface area contributed by atoms with E-state index in [0.717, 1.165) is 5.56 Å². The summed E-state index contributed by atoms with van der Waals surface area (Å²) in [6, 6.07) is 14.0. The van der Waals surface area contributed by atoms with Crippen molar-refractivity contribution in [3.8, 4) is 0 Å². The van der Waals surface area contributed by atoms with Crippen LogP contribution in [-0.2, 0) is 16.0 Å². The summed E-state index contributed by atoms with van der Waals surface area (Å²) in [5.74, 6) is -0.491. The highest BCUT2D eigenvalue weighted by molar-refractivity contribution is 6.30. The molecule has 6 heteroatoms. The maximum absolute atomic E-state index is 13.6. The van der Waals surface area contributed by atoms with Gasteiger partial charge < -0.3 is 14.5 Å². The van der Waals surface area contributed by atoms with Gasteiger partial charge in [0.05, 0.1) is 25.2 Å². The summed E-state index contributed by atoms with van der Waals surface area (Å²) < 4.78 is 19.6. The molecule has 3 rings (SSSR count). The average Bonchev–Trinajstić information content (AvgIpc) is 2.61. The molecular formula is C21H24ClFN2O2. The number of halogens is 2. The van der Waals surface area contributed by atoms with Crippen LogP contribution in [0, 0.1) is 5.82 Å². The molecule has 0 saturated carbocycles. The summed E-state index contributed by atoms with van der Waals surface area (Å²) in [6.45, 7) is 1.69. The Morgan fingerprint density at radius 1 is 1.26 bits per heavy atom. The highest BCUT2D eigenvalue weighted by Gasteiger charge is 2.36. The second-order valence-electron chi connectivity index (χ2n) is 7.07. The standard InChI is InChI=1S/C21H24ClFN2O2/c1-24(2)14-19-21(16-6-4-3-5-7-16)25(8-9-27-19)20(26)12-15-10-17(22)13-18(23)11-15/h3-7,10-11,13,19,21H,8-9,12,14H2,1-2H3/t19-,21-/m0/s1. The SMILES string of the molecule is CN(C)C[C@@H]1OCCN(C(=O)Cc2cc(F)cc(Cl)c2)[C@H]1c1ccccc1. The maximum atomic E-state index is 13.6. The van der Waals surface area contributed by atoms with Gasteiger partial charge in [0.2, 0.25) is 5.91 Å². The van der Waals surface area contributed by atoms with E-state index in [-0.39, 0.29) is 24.5 Å². The number of ether oxygens (including phenoxy) is 1. The van der Waals surface area contributed by atoms with Crippen molar-refractivity contribution < 1.29 is 13.9 Å². The maximum Gasteiger partial charge on any atom is 0.227 e. The van der Waals surface area contributed by atoms with Gasteiger partial charge in [0, 0.05) is 18.1 Å². The van der Waals surface area contributed by atoms with Crippen molar-refractivity contribution in [2.45, 2.75) is 18.6 Å². The number of benzene rings is 2. The Balaban J connectivity index is 1.87. The summed E-state index contributed by atoms with van der Waals surface area (Å²) >= 11 is 5.93. The second kappa shape index (κ2) is 8.83. The van der Waals surface area contributed by atoms with Gasteiger partial charge in [-0.15, -0.1) is 0 Å². The molecule has 1 saturated heterocycles. The van der Waals surface area contributed by atoms with Crippen LogP contribution in [0.1, 0.15) is 17.2 Å². The van der Waals surface area contributed by atoms with E-state index < -0.39 is 5.82 Å². The Hall–Kier alpha value is -1.95. The van der Waals surface area contributed by atoms with Crippen molar-refractivity contribution in [3.05, 3.63) is 70.5 Å². The number of carbonyl (C=O) groups excluding carboxylic acids is 1. The van der Waals surface area contributed by atoms with Gasteiger partial charge in [0.25, 0.3) is 0 Å². The van der Waals surface area contributed by atoms with E-state index >= 15 is 0 Å². The molecule has 4 nitrogen and oxygen atoms in total. The molecular weight excluding hydrogens is 367 g/mol. The fourth-order valence-corrected chi connectivity index (χ4v) is 3.80. The molecule has 1 fully saturated rings. The van der Waals surface area contributed by atoms with Gasteiger partial charge in [0.15, 0.2) is 0 Å². The number of nitrogens with zero attached hydrogens (tertiary/aromatic N) is 2. The zero-order valence-electron chi connectivity index (χ0n) is 15.6. The molecule has 2 atom stereocenters. The van der Waals surface area contributed by atoms with Gasteiger partial charge >= 0.3 is 0 Å². The first-order chi connectivity index (χ1) is 12.9. The molecule has 0 radical (unpaired) electrons. The third-order valence-corrected chi connectivity index (χ3v) is 4.85. The van der Waals surface area contributed by atoms with Crippen LogP contribution in [0.15, 0.2) is 48.5 Å². The molecule has 27 heavy (non-hydrogen) atoms. The molecule has 2 aromatic carbocycles. The largest absolute Gasteiger partial charge is 0.373 e. The minimum Gasteiger partial charge on any atom is -0.373 e. The van der Waals surface area contributed by atoms with Crippen LogP contribution in [0.25, 0.3) is 0 Å². The number of hydrogen-bond donors (Lipinski definition) is 0. The van der Waals surface area contributed by atoms with E-state index in [2.05, 4.69) is 4.90 Å². The molecule has 2 aromatic rings. The van der Waals surface area contributed by atoms with E-state index in [0.29, 0.717) is 30.3 Å². The second-order valence-corrected chi connectivity index (χ2v) is 7.51. The number of likely N-dealkylation sites (N-methyl/N-ethyl adjacent to an activating group) is 1. The number of morpholine rings is 1. The zero-order chi connectivity index (χ0) is 19.4. The zero-order valence-corrected chi connectivity index (χ0v) is 16.3. The molecule has 0 spiro atoms. The Morgan fingerprint density at radius 3 is 2.67 bits per heavy atom. The molecule has 0 N–H and O–H groups in total. The highest BCUT2D eigenvalue weighted by Crippen LogP contribution is 2.31. The summed E-state index contributed by atoms with van der Waals surface area (Å²) in [5, 5.41) is 0.296. The molecule has 1 amide bonds. The third-order valence-electron chi connectivity index (χ3n) is 4.64. The lowest BCUT2D eigenvalue weighted by Gasteiger charge is -2.42. The fraction of sp³-hybridized carbons (Fsp3) is 0.381. The van der Waals surface area contributed by atoms with Gasteiger partial charge in [-0.05, 0) is 43.4 Å². The highest BCUT2D eigenvalue weighted by atomic mass is 35.5. The summed E-state index contributed by atoms with van der Waals surface area (Å²) in [5.41, 5.74) is 1.61. The lowest BCUT2D eigenvalue weighted by Crippen LogP contribution is -2.51. The topological polar surface area (TPSA) is 32.8 Å². The summed E-state index contributed by atoms with van der Waals surface area (Å²) in [7, 11) is 3.97. The first kappa shape index (κ1) is 19.8. The lowest BCUT2D eigenvalue weighted by molar-refractivity contribution is -0.147. The van der Waals surface area contributed by atoms with Gasteiger partial charge in [0.1, 0.15) is 5.82 Å². The first-order valence-electron chi connectivity index (χ1n) is 9.00. The van der Waals surface area contributed by atoms with Crippen molar-refractivity contribution >= 4 is 17.5 Å². The van der Waals surface area contributed by atoms with E-state index in [4.69, 9.17) is 16.3 Å². The summed E-state index contributed by atoms with van der Waals surface area (Å²) in [4.78, 5) is 17.0. The molecule has 1 aliphatic heterocycles. The predicted octanol–water partition coefficient (Wildman–Crippen LogP) is 3.55. The number of rotatable bonds is 5. The van der Waals surface area contributed by atoms with Crippen LogP contribution < -0.4 is 0 Å². The van der Waals surface area contributed by atoms with E-state index in [1.165, 1.54) is 12.1 Å². The van der Waals surface area contributed by atoms with Crippen molar-refractivity contribution in [2.24, 2.45) is 0 Å². The van der Waals surface area contributed by atoms with Crippen LogP contribution >= 0.6 is 11.6 Å². The minimum absolute atomic E-state index is 0.0578. The third kappa shape index (κ3) is 5.06. The van der Waals surface area contributed by atoms with Crippen molar-refractivity contribution in [1.82, 2.24) is 9.80 Å². The molecule has 144 valence electrons. The fourth-order valence-electron chi connectivity index (χ4n) is 3.56. The van der Waals surface area contributed by atoms with Crippen molar-refractivity contribution in [3.63, 3.8) is 0 Å². The molecule has 0 bridgehead atoms. The van der Waals surface area contributed by atoms with Gasteiger partial charge in [-0.1, -0.05) is 41.9 Å². The Labute approximate surface area is 164 Å². The molecule has 0 aromatic heterocycles.